The first-order chi connectivity index (χ1) is 9.72. The quantitative estimate of drug-likeness (QED) is 0.827. The van der Waals surface area contributed by atoms with Crippen molar-refractivity contribution in [1.82, 2.24) is 15.1 Å². The first kappa shape index (κ1) is 14.3. The highest BCUT2D eigenvalue weighted by molar-refractivity contribution is 5.79. The van der Waals surface area contributed by atoms with Gasteiger partial charge in [-0.25, -0.2) is 0 Å². The summed E-state index contributed by atoms with van der Waals surface area (Å²) in [6.07, 6.45) is 7.81. The van der Waals surface area contributed by atoms with Crippen LogP contribution < -0.4 is 5.32 Å². The summed E-state index contributed by atoms with van der Waals surface area (Å²) in [5.41, 5.74) is 0.207. The molecular weight excluding hydrogens is 250 g/mol. The summed E-state index contributed by atoms with van der Waals surface area (Å²) in [7, 11) is 0. The van der Waals surface area contributed by atoms with Gasteiger partial charge >= 0.3 is 0 Å². The Labute approximate surface area is 122 Å². The van der Waals surface area contributed by atoms with E-state index >= 15 is 0 Å². The van der Waals surface area contributed by atoms with Crippen molar-refractivity contribution >= 4 is 5.91 Å². The third kappa shape index (κ3) is 3.17. The van der Waals surface area contributed by atoms with Gasteiger partial charge in [-0.15, -0.1) is 0 Å². The molecule has 1 aliphatic heterocycles. The van der Waals surface area contributed by atoms with Crippen molar-refractivity contribution in [3.8, 4) is 0 Å². The maximum absolute atomic E-state index is 12.3. The minimum absolute atomic E-state index is 0.207. The van der Waals surface area contributed by atoms with Gasteiger partial charge in [0.2, 0.25) is 5.91 Å². The van der Waals surface area contributed by atoms with Crippen LogP contribution in [0.15, 0.2) is 0 Å². The van der Waals surface area contributed by atoms with E-state index in [1.54, 1.807) is 0 Å². The van der Waals surface area contributed by atoms with E-state index in [2.05, 4.69) is 22.0 Å². The zero-order valence-corrected chi connectivity index (χ0v) is 12.9. The fourth-order valence-corrected chi connectivity index (χ4v) is 4.03. The molecule has 3 rings (SSSR count). The van der Waals surface area contributed by atoms with E-state index < -0.39 is 0 Å². The molecule has 1 N–H and O–H groups in total. The fraction of sp³-hybridized carbons (Fsp3) is 0.938. The molecule has 4 heteroatoms. The largest absolute Gasteiger partial charge is 0.349 e. The number of hydrogen-bond donors (Lipinski definition) is 1. The maximum Gasteiger partial charge on any atom is 0.234 e. The number of nitrogens with one attached hydrogen (secondary N) is 1. The molecule has 0 aromatic rings. The molecule has 114 valence electrons. The smallest absolute Gasteiger partial charge is 0.234 e. The predicted molar refractivity (Wildman–Crippen MR) is 80.6 cm³/mol. The Bertz CT molecular complexity index is 340. The number of likely N-dealkylation sites (N-methyl/N-ethyl adjacent to an activating group) is 1. The second-order valence-electron chi connectivity index (χ2n) is 6.90. The molecule has 0 bridgehead atoms. The molecule has 4 nitrogen and oxygen atoms in total. The number of carbonyl (C=O) groups excluding carboxylic acids is 1. The molecule has 3 aliphatic rings. The first-order valence-corrected chi connectivity index (χ1v) is 8.47. The van der Waals surface area contributed by atoms with Crippen molar-refractivity contribution in [1.29, 1.82) is 0 Å². The molecule has 3 fully saturated rings. The second kappa shape index (κ2) is 6.02. The standard InChI is InChI=1S/C16H29N3O/c1-2-18-9-11-19(12-10-18)13-15(20)17-16(7-8-16)14-5-3-4-6-14/h14H,2-13H2,1H3,(H,17,20). The summed E-state index contributed by atoms with van der Waals surface area (Å²) in [5.74, 6) is 1.03. The van der Waals surface area contributed by atoms with Gasteiger partial charge in [0.1, 0.15) is 0 Å². The second-order valence-corrected chi connectivity index (χ2v) is 6.90. The molecule has 0 aromatic carbocycles. The summed E-state index contributed by atoms with van der Waals surface area (Å²) < 4.78 is 0. The van der Waals surface area contributed by atoms with Crippen LogP contribution in [0.1, 0.15) is 45.4 Å². The molecule has 20 heavy (non-hydrogen) atoms. The fourth-order valence-electron chi connectivity index (χ4n) is 4.03. The van der Waals surface area contributed by atoms with Crippen molar-refractivity contribution in [2.45, 2.75) is 51.0 Å². The van der Waals surface area contributed by atoms with Gasteiger partial charge in [-0.3, -0.25) is 9.69 Å². The lowest BCUT2D eigenvalue weighted by Crippen LogP contribution is -2.51. The van der Waals surface area contributed by atoms with Crippen LogP contribution in [0.4, 0.5) is 0 Å². The number of nitrogens with zero attached hydrogens (tertiary/aromatic N) is 2. The van der Waals surface area contributed by atoms with Crippen LogP contribution in [0.25, 0.3) is 0 Å². The zero-order chi connectivity index (χ0) is 14.0. The minimum Gasteiger partial charge on any atom is -0.349 e. The van der Waals surface area contributed by atoms with Crippen LogP contribution >= 0.6 is 0 Å². The molecule has 0 atom stereocenters. The summed E-state index contributed by atoms with van der Waals surface area (Å²) >= 11 is 0. The maximum atomic E-state index is 12.3. The number of amides is 1. The van der Waals surface area contributed by atoms with Crippen LogP contribution in [-0.2, 0) is 4.79 Å². The van der Waals surface area contributed by atoms with Crippen LogP contribution in [0.2, 0.25) is 0 Å². The van der Waals surface area contributed by atoms with Crippen LogP contribution in [0.3, 0.4) is 0 Å². The Morgan fingerprint density at radius 2 is 1.70 bits per heavy atom. The van der Waals surface area contributed by atoms with E-state index in [0.29, 0.717) is 6.54 Å². The number of piperazine rings is 1. The molecule has 2 saturated carbocycles. The summed E-state index contributed by atoms with van der Waals surface area (Å²) in [5, 5.41) is 3.39. The third-order valence-electron chi connectivity index (χ3n) is 5.59. The van der Waals surface area contributed by atoms with Gasteiger partial charge in [0, 0.05) is 31.7 Å². The summed E-state index contributed by atoms with van der Waals surface area (Å²) in [6, 6.07) is 0. The lowest BCUT2D eigenvalue weighted by Gasteiger charge is -2.34. The normalized spacial score (nSPS) is 27.6. The lowest BCUT2D eigenvalue weighted by atomic mass is 9.95. The van der Waals surface area contributed by atoms with Gasteiger partial charge in [0.25, 0.3) is 0 Å². The van der Waals surface area contributed by atoms with Crippen molar-refractivity contribution in [2.75, 3.05) is 39.3 Å². The average Bonchev–Trinajstić information content (AvgIpc) is 3.02. The van der Waals surface area contributed by atoms with E-state index in [0.717, 1.165) is 38.6 Å². The average molecular weight is 279 g/mol. The predicted octanol–water partition coefficient (Wildman–Crippen LogP) is 1.46. The SMILES string of the molecule is CCN1CCN(CC(=O)NC2(C3CCCC3)CC2)CC1. The van der Waals surface area contributed by atoms with Gasteiger partial charge < -0.3 is 10.2 Å². The highest BCUT2D eigenvalue weighted by Crippen LogP contribution is 2.49. The highest BCUT2D eigenvalue weighted by Gasteiger charge is 2.50. The highest BCUT2D eigenvalue weighted by atomic mass is 16.2. The zero-order valence-electron chi connectivity index (χ0n) is 12.9. The molecule has 0 aromatic heterocycles. The monoisotopic (exact) mass is 279 g/mol. The molecular formula is C16H29N3O. The Kier molecular flexibility index (Phi) is 4.32. The van der Waals surface area contributed by atoms with Crippen molar-refractivity contribution < 1.29 is 4.79 Å². The first-order valence-electron chi connectivity index (χ1n) is 8.47. The van der Waals surface area contributed by atoms with E-state index in [9.17, 15) is 4.79 Å². The van der Waals surface area contributed by atoms with E-state index in [1.165, 1.54) is 38.5 Å². The Morgan fingerprint density at radius 1 is 1.10 bits per heavy atom. The van der Waals surface area contributed by atoms with Gasteiger partial charge in [-0.1, -0.05) is 19.8 Å². The van der Waals surface area contributed by atoms with E-state index in [4.69, 9.17) is 0 Å². The van der Waals surface area contributed by atoms with Gasteiger partial charge in [0.05, 0.1) is 6.54 Å². The van der Waals surface area contributed by atoms with E-state index in [1.807, 2.05) is 0 Å². The van der Waals surface area contributed by atoms with Crippen LogP contribution in [-0.4, -0.2) is 60.5 Å². The lowest BCUT2D eigenvalue weighted by molar-refractivity contribution is -0.124. The molecule has 1 amide bonds. The molecule has 0 unspecified atom stereocenters. The van der Waals surface area contributed by atoms with Gasteiger partial charge in [-0.05, 0) is 38.1 Å². The molecule has 0 spiro atoms. The number of hydrogen-bond acceptors (Lipinski definition) is 3. The number of rotatable bonds is 5. The Balaban J connectivity index is 1.43. The molecule has 1 heterocycles. The third-order valence-corrected chi connectivity index (χ3v) is 5.59. The molecule has 1 saturated heterocycles. The minimum atomic E-state index is 0.207. The van der Waals surface area contributed by atoms with Crippen LogP contribution in [0, 0.1) is 5.92 Å². The van der Waals surface area contributed by atoms with Crippen molar-refractivity contribution in [3.05, 3.63) is 0 Å². The van der Waals surface area contributed by atoms with Crippen molar-refractivity contribution in [2.24, 2.45) is 5.92 Å². The topological polar surface area (TPSA) is 35.6 Å². The van der Waals surface area contributed by atoms with Gasteiger partial charge in [-0.2, -0.15) is 0 Å². The molecule has 2 aliphatic carbocycles. The number of carbonyl (C=O) groups is 1. The van der Waals surface area contributed by atoms with Gasteiger partial charge in [0.15, 0.2) is 0 Å². The summed E-state index contributed by atoms with van der Waals surface area (Å²) in [4.78, 5) is 17.1. The Hall–Kier alpha value is -0.610. The summed E-state index contributed by atoms with van der Waals surface area (Å²) in [6.45, 7) is 8.24. The van der Waals surface area contributed by atoms with Crippen molar-refractivity contribution in [3.63, 3.8) is 0 Å². The molecule has 0 radical (unpaired) electrons. The van der Waals surface area contributed by atoms with Crippen LogP contribution in [0.5, 0.6) is 0 Å². The Morgan fingerprint density at radius 3 is 2.25 bits per heavy atom. The van der Waals surface area contributed by atoms with E-state index in [-0.39, 0.29) is 11.4 Å².